The molecule has 11 heteroatoms. The van der Waals surface area contributed by atoms with Crippen LogP contribution in [0.3, 0.4) is 0 Å². The van der Waals surface area contributed by atoms with Gasteiger partial charge in [0.15, 0.2) is 0 Å². The van der Waals surface area contributed by atoms with Gasteiger partial charge in [0.25, 0.3) is 4.86 Å². The number of fused-ring (bicyclic) bond motifs is 1. The molecule has 3 aromatic rings. The maximum Gasteiger partial charge on any atom is 0.283 e. The summed E-state index contributed by atoms with van der Waals surface area (Å²) in [6.45, 7) is 65.2. The Balaban J connectivity index is 2.57. The zero-order valence-electron chi connectivity index (χ0n) is 40.7. The third-order valence-corrected chi connectivity index (χ3v) is 62.5. The summed E-state index contributed by atoms with van der Waals surface area (Å²) in [5, 5.41) is 5.90. The Labute approximate surface area is 364 Å². The molecule has 0 saturated heterocycles. The number of rotatable bonds is 13. The second-order valence-electron chi connectivity index (χ2n) is 25.4. The van der Waals surface area contributed by atoms with E-state index in [-0.39, 0.29) is 0 Å². The minimum absolute atomic E-state index is 0.507. The van der Waals surface area contributed by atoms with Crippen LogP contribution in [0.4, 0.5) is 0 Å². The van der Waals surface area contributed by atoms with Gasteiger partial charge in [-0.05, 0) is 54.0 Å². The van der Waals surface area contributed by atoms with Crippen molar-refractivity contribution in [2.75, 3.05) is 0 Å². The molecule has 0 radical (unpaired) electrons. The highest BCUT2D eigenvalue weighted by Gasteiger charge is 2.63. The third kappa shape index (κ3) is 9.62. The van der Waals surface area contributed by atoms with Gasteiger partial charge in [-0.1, -0.05) is 212 Å². The lowest BCUT2D eigenvalue weighted by atomic mass is 10.1. The van der Waals surface area contributed by atoms with Gasteiger partial charge in [-0.25, -0.2) is 0 Å². The molecule has 0 nitrogen and oxygen atoms in total. The Morgan fingerprint density at radius 1 is 0.429 bits per heavy atom. The minimum Gasteiger partial charge on any atom is -0.162 e. The van der Waals surface area contributed by atoms with Crippen molar-refractivity contribution in [2.24, 2.45) is 0 Å². The Morgan fingerprint density at radius 3 is 1.04 bits per heavy atom. The van der Waals surface area contributed by atoms with Crippen LogP contribution >= 0.6 is 23.2 Å². The monoisotopic (exact) mass is 922 g/mol. The van der Waals surface area contributed by atoms with E-state index < -0.39 is 63.5 Å². The van der Waals surface area contributed by atoms with Gasteiger partial charge in [0, 0.05) is 65.8 Å². The average molecular weight is 924 g/mol. The first-order chi connectivity index (χ1) is 25.0. The summed E-state index contributed by atoms with van der Waals surface area (Å²) in [7, 11) is -14.8. The highest BCUT2D eigenvalue weighted by molar-refractivity contribution is 8.64. The maximum atomic E-state index is 3.02. The van der Waals surface area contributed by atoms with Crippen molar-refractivity contribution in [2.45, 2.75) is 184 Å². The first kappa shape index (κ1) is 48.8. The summed E-state index contributed by atoms with van der Waals surface area (Å²) in [6, 6.07) is 20.7. The summed E-state index contributed by atoms with van der Waals surface area (Å²) < 4.78 is 0. The molecule has 1 aliphatic heterocycles. The number of aryl methyl sites for hydroxylation is 3. The average Bonchev–Trinajstić information content (AvgIpc) is 3.34. The summed E-state index contributed by atoms with van der Waals surface area (Å²) in [5.41, 5.74) is 10.1. The number of hydrogen-bond donors (Lipinski definition) is 0. The van der Waals surface area contributed by atoms with E-state index in [4.69, 9.17) is 0 Å². The van der Waals surface area contributed by atoms with Gasteiger partial charge in [-0.2, -0.15) is 23.2 Å². The molecule has 0 fully saturated rings. The van der Waals surface area contributed by atoms with Crippen LogP contribution in [0.25, 0.3) is 0 Å². The lowest BCUT2D eigenvalue weighted by Crippen LogP contribution is -2.82. The van der Waals surface area contributed by atoms with Crippen LogP contribution in [0.15, 0.2) is 58.3 Å². The van der Waals surface area contributed by atoms with Crippen molar-refractivity contribution in [3.05, 3.63) is 81.9 Å². The van der Waals surface area contributed by atoms with E-state index in [1.165, 1.54) is 15.4 Å². The lowest BCUT2D eigenvalue weighted by molar-refractivity contribution is 1.10. The van der Waals surface area contributed by atoms with E-state index in [1.807, 2.05) is 21.5 Å². The molecule has 0 saturated carbocycles. The zero-order valence-corrected chi connectivity index (χ0v) is 50.4. The van der Waals surface area contributed by atoms with Gasteiger partial charge in [0.1, 0.15) is 7.46 Å². The van der Waals surface area contributed by atoms with Gasteiger partial charge in [-0.15, -0.1) is 0 Å². The Morgan fingerprint density at radius 2 is 0.750 bits per heavy atom. The molecule has 1 heterocycles. The normalized spacial score (nSPS) is 16.3. The molecule has 0 amide bonds. The SMILES string of the molecule is Cc1cc(C)c([Si](B2Sc3ccccc3S2)(c2c(C([Si](C)(C)C)[Si](C)(C)C)cc(C([Si](C)(C)C)[Si](C)(C)C)cc2C([Si](C)(C)C)[Si](C)(C)C)[Si](C)(C)C)c(C)c1. The first-order valence-electron chi connectivity index (χ1n) is 21.7. The highest BCUT2D eigenvalue weighted by Crippen LogP contribution is 2.53. The summed E-state index contributed by atoms with van der Waals surface area (Å²) in [6.07, 6.45) is 0. The lowest BCUT2D eigenvalue weighted by Gasteiger charge is -2.53. The van der Waals surface area contributed by atoms with Crippen LogP contribution in [0.5, 0.6) is 0 Å². The number of hydrogen-bond acceptors (Lipinski definition) is 2. The van der Waals surface area contributed by atoms with Crippen molar-refractivity contribution in [3.8, 4) is 0 Å². The van der Waals surface area contributed by atoms with Crippen molar-refractivity contribution in [1.82, 2.24) is 0 Å². The van der Waals surface area contributed by atoms with Gasteiger partial charge in [0.2, 0.25) is 0 Å². The molecular formula is C45H83BS2Si8. The molecule has 4 rings (SSSR count). The summed E-state index contributed by atoms with van der Waals surface area (Å²) in [4.78, 5) is 3.56. The van der Waals surface area contributed by atoms with Crippen LogP contribution in [0, 0.1) is 20.8 Å². The van der Waals surface area contributed by atoms with Crippen LogP contribution in [-0.4, -0.2) is 68.4 Å². The summed E-state index contributed by atoms with van der Waals surface area (Å²) >= 11 is 4.58. The molecule has 3 aromatic carbocycles. The zero-order chi connectivity index (χ0) is 43.2. The van der Waals surface area contributed by atoms with Crippen molar-refractivity contribution in [3.63, 3.8) is 0 Å². The topological polar surface area (TPSA) is 0 Å². The van der Waals surface area contributed by atoms with Gasteiger partial charge < -0.3 is 0 Å². The van der Waals surface area contributed by atoms with Crippen molar-refractivity contribution < 1.29 is 0 Å². The van der Waals surface area contributed by atoms with E-state index >= 15 is 0 Å². The molecular weight excluding hydrogens is 840 g/mol. The van der Waals surface area contributed by atoms with Gasteiger partial charge in [-0.3, -0.25) is 0 Å². The smallest absolute Gasteiger partial charge is 0.162 e. The maximum absolute atomic E-state index is 3.02. The molecule has 0 aliphatic carbocycles. The highest BCUT2D eigenvalue weighted by atomic mass is 32.2. The predicted molar refractivity (Wildman–Crippen MR) is 288 cm³/mol. The fourth-order valence-electron chi connectivity index (χ4n) is 12.9. The molecule has 1 aliphatic rings. The Hall–Kier alpha value is 0.160. The van der Waals surface area contributed by atoms with Crippen LogP contribution in [0.2, 0.25) is 137 Å². The van der Waals surface area contributed by atoms with Crippen molar-refractivity contribution in [1.29, 1.82) is 0 Å². The Kier molecular flexibility index (Phi) is 14.1. The van der Waals surface area contributed by atoms with E-state index in [9.17, 15) is 0 Å². The third-order valence-electron chi connectivity index (χ3n) is 12.7. The largest absolute Gasteiger partial charge is 0.283 e. The molecule has 1 atom stereocenters. The van der Waals surface area contributed by atoms with Gasteiger partial charge in [0.05, 0.1) is 0 Å². The fourth-order valence-corrected chi connectivity index (χ4v) is 79.2. The quantitative estimate of drug-likeness (QED) is 0.157. The van der Waals surface area contributed by atoms with Gasteiger partial charge >= 0.3 is 0 Å². The van der Waals surface area contributed by atoms with Crippen LogP contribution in [-0.2, 0) is 0 Å². The minimum atomic E-state index is -2.63. The molecule has 310 valence electrons. The molecule has 0 spiro atoms. The first-order valence-corrected chi connectivity index (χ1v) is 51.5. The second-order valence-corrected chi connectivity index (χ2v) is 77.0. The van der Waals surface area contributed by atoms with Crippen LogP contribution in [0.1, 0.15) is 48.9 Å². The molecule has 1 unspecified atom stereocenters. The second kappa shape index (κ2) is 16.1. The summed E-state index contributed by atoms with van der Waals surface area (Å²) in [5.74, 6) is 0. The van der Waals surface area contributed by atoms with Crippen LogP contribution < -0.4 is 10.4 Å². The molecule has 0 N–H and O–H groups in total. The van der Waals surface area contributed by atoms with E-state index in [0.717, 1.165) is 5.16 Å². The van der Waals surface area contributed by atoms with E-state index in [1.54, 1.807) is 16.7 Å². The molecule has 56 heavy (non-hydrogen) atoms. The fraction of sp³-hybridized carbons (Fsp3) is 0.600. The predicted octanol–water partition coefficient (Wildman–Crippen LogP) is 14.6. The van der Waals surface area contributed by atoms with Crippen molar-refractivity contribution >= 4 is 102 Å². The van der Waals surface area contributed by atoms with E-state index in [2.05, 4.69) is 230 Å². The standard InChI is InChI=1S/C45H83BS2Si8/c1-33-29-34(2)41(35(3)30-33)56(55(22,23)24,46-47-39-27-25-26-28-40(39)48-46)42-37(44(51(10,11)12)52(13,14)15)31-36(43(49(4,5)6)50(7,8)9)32-38(42)45(53(16,17)18)54(19,20)21/h25-32,43-45H,1-24H3. The molecule has 0 aromatic heterocycles. The Bertz CT molecular complexity index is 1770. The van der Waals surface area contributed by atoms with E-state index in [0.29, 0.717) is 15.2 Å². The number of benzene rings is 3. The molecule has 0 bridgehead atoms.